The fraction of sp³-hybridized carbons (Fsp3) is 0.267. The van der Waals surface area contributed by atoms with E-state index in [2.05, 4.69) is 19.8 Å². The second-order valence-corrected chi connectivity index (χ2v) is 7.49. The van der Waals surface area contributed by atoms with Crippen molar-refractivity contribution in [2.75, 3.05) is 4.72 Å². The van der Waals surface area contributed by atoms with Crippen molar-refractivity contribution in [3.05, 3.63) is 50.8 Å². The first-order chi connectivity index (χ1) is 12.1. The highest BCUT2D eigenvalue weighted by atomic mass is 32.2. The van der Waals surface area contributed by atoms with E-state index in [0.29, 0.717) is 22.5 Å². The van der Waals surface area contributed by atoms with Gasteiger partial charge in [-0.2, -0.15) is 13.4 Å². The Bertz CT molecular complexity index is 1150. The van der Waals surface area contributed by atoms with Crippen molar-refractivity contribution in [1.82, 2.24) is 19.6 Å². The van der Waals surface area contributed by atoms with Crippen LogP contribution in [-0.2, 0) is 10.0 Å². The topological polar surface area (TPSA) is 132 Å². The van der Waals surface area contributed by atoms with Gasteiger partial charge < -0.3 is 0 Å². The van der Waals surface area contributed by atoms with E-state index in [-0.39, 0.29) is 17.2 Å². The van der Waals surface area contributed by atoms with Crippen LogP contribution in [0.2, 0.25) is 0 Å². The standard InChI is InChI=1S/C15H16N6O4S/c1-8-5-6-12(21(22)23)13(11(8)4)19-26(24,25)15-17-14-16-9(2)7-10(3)20(14)18-15/h5-7,19H,1-4H3. The lowest BCUT2D eigenvalue weighted by atomic mass is 10.1. The molecule has 2 aromatic heterocycles. The number of hydrogen-bond acceptors (Lipinski definition) is 7. The second kappa shape index (κ2) is 6.02. The highest BCUT2D eigenvalue weighted by Gasteiger charge is 2.27. The number of hydrogen-bond donors (Lipinski definition) is 1. The van der Waals surface area contributed by atoms with E-state index in [1.54, 1.807) is 39.8 Å². The SMILES string of the molecule is Cc1cc(C)n2nc(S(=O)(=O)Nc3c([N+](=O)[O-])ccc(C)c3C)nc2n1. The molecule has 0 radical (unpaired) electrons. The smallest absolute Gasteiger partial charge is 0.270 e. The zero-order valence-corrected chi connectivity index (χ0v) is 15.3. The largest absolute Gasteiger partial charge is 0.299 e. The van der Waals surface area contributed by atoms with Gasteiger partial charge in [0, 0.05) is 17.5 Å². The van der Waals surface area contributed by atoms with E-state index in [1.165, 1.54) is 10.6 Å². The van der Waals surface area contributed by atoms with E-state index in [4.69, 9.17) is 0 Å². The highest BCUT2D eigenvalue weighted by Crippen LogP contribution is 2.31. The van der Waals surface area contributed by atoms with Gasteiger partial charge in [0.25, 0.3) is 26.6 Å². The summed E-state index contributed by atoms with van der Waals surface area (Å²) in [5.41, 5.74) is 2.06. The number of nitrogens with one attached hydrogen (secondary N) is 1. The summed E-state index contributed by atoms with van der Waals surface area (Å²) in [4.78, 5) is 18.7. The normalized spacial score (nSPS) is 11.7. The first-order valence-corrected chi connectivity index (χ1v) is 9.07. The molecule has 1 N–H and O–H groups in total. The van der Waals surface area contributed by atoms with Gasteiger partial charge in [0.15, 0.2) is 0 Å². The maximum Gasteiger partial charge on any atom is 0.299 e. The van der Waals surface area contributed by atoms with Crippen LogP contribution in [0.4, 0.5) is 11.4 Å². The molecule has 0 unspecified atom stereocenters. The van der Waals surface area contributed by atoms with Gasteiger partial charge in [0.05, 0.1) is 4.92 Å². The van der Waals surface area contributed by atoms with E-state index < -0.39 is 20.1 Å². The van der Waals surface area contributed by atoms with Gasteiger partial charge in [-0.3, -0.25) is 14.8 Å². The lowest BCUT2D eigenvalue weighted by Crippen LogP contribution is -2.17. The van der Waals surface area contributed by atoms with Gasteiger partial charge in [-0.25, -0.2) is 9.50 Å². The van der Waals surface area contributed by atoms with Gasteiger partial charge in [0.2, 0.25) is 0 Å². The minimum absolute atomic E-state index is 0.102. The Balaban J connectivity index is 2.12. The number of nitro groups is 1. The van der Waals surface area contributed by atoms with Crippen molar-refractivity contribution in [2.24, 2.45) is 0 Å². The molecule has 2 heterocycles. The fourth-order valence-electron chi connectivity index (χ4n) is 2.52. The molecule has 26 heavy (non-hydrogen) atoms. The molecule has 0 aliphatic carbocycles. The number of nitro benzene ring substituents is 1. The number of sulfonamides is 1. The number of aryl methyl sites for hydroxylation is 3. The third-order valence-corrected chi connectivity index (χ3v) is 5.11. The highest BCUT2D eigenvalue weighted by molar-refractivity contribution is 7.92. The molecule has 10 nitrogen and oxygen atoms in total. The number of rotatable bonds is 4. The summed E-state index contributed by atoms with van der Waals surface area (Å²) in [6.45, 7) is 6.84. The van der Waals surface area contributed by atoms with Gasteiger partial charge in [-0.05, 0) is 44.9 Å². The number of benzene rings is 1. The number of fused-ring (bicyclic) bond motifs is 1. The predicted octanol–water partition coefficient (Wildman–Crippen LogP) is 2.07. The van der Waals surface area contributed by atoms with Gasteiger partial charge in [-0.15, -0.1) is 5.10 Å². The van der Waals surface area contributed by atoms with Gasteiger partial charge in [-0.1, -0.05) is 6.07 Å². The average Bonchev–Trinajstić information content (AvgIpc) is 2.96. The fourth-order valence-corrected chi connectivity index (χ4v) is 3.53. The zero-order valence-electron chi connectivity index (χ0n) is 14.5. The second-order valence-electron chi connectivity index (χ2n) is 5.91. The summed E-state index contributed by atoms with van der Waals surface area (Å²) in [6.07, 6.45) is 0. The van der Waals surface area contributed by atoms with Crippen LogP contribution in [0, 0.1) is 37.8 Å². The maximum atomic E-state index is 12.7. The van der Waals surface area contributed by atoms with E-state index >= 15 is 0 Å². The minimum atomic E-state index is -4.24. The van der Waals surface area contributed by atoms with Crippen molar-refractivity contribution in [3.63, 3.8) is 0 Å². The quantitative estimate of drug-likeness (QED) is 0.544. The molecule has 136 valence electrons. The molecule has 3 aromatic rings. The van der Waals surface area contributed by atoms with Crippen LogP contribution >= 0.6 is 0 Å². The minimum Gasteiger partial charge on any atom is -0.270 e. The zero-order chi connectivity index (χ0) is 19.2. The number of aromatic nitrogens is 4. The first-order valence-electron chi connectivity index (χ1n) is 7.58. The molecule has 0 atom stereocenters. The van der Waals surface area contributed by atoms with Crippen LogP contribution in [0.1, 0.15) is 22.5 Å². The van der Waals surface area contributed by atoms with Gasteiger partial charge in [0.1, 0.15) is 5.69 Å². The summed E-state index contributed by atoms with van der Waals surface area (Å²) < 4.78 is 29.0. The van der Waals surface area contributed by atoms with Crippen molar-refractivity contribution in [1.29, 1.82) is 0 Å². The van der Waals surface area contributed by atoms with Crippen LogP contribution < -0.4 is 4.72 Å². The molecular formula is C15H16N6O4S. The lowest BCUT2D eigenvalue weighted by molar-refractivity contribution is -0.383. The summed E-state index contributed by atoms with van der Waals surface area (Å²) >= 11 is 0. The molecular weight excluding hydrogens is 360 g/mol. The Morgan fingerprint density at radius 1 is 1.15 bits per heavy atom. The molecule has 0 aliphatic heterocycles. The summed E-state index contributed by atoms with van der Waals surface area (Å²) in [6, 6.07) is 4.55. The molecule has 0 aliphatic rings. The number of nitrogens with zero attached hydrogens (tertiary/aromatic N) is 5. The Morgan fingerprint density at radius 2 is 1.85 bits per heavy atom. The summed E-state index contributed by atoms with van der Waals surface area (Å²) in [5.74, 6) is 0.137. The van der Waals surface area contributed by atoms with E-state index in [1.807, 2.05) is 0 Å². The summed E-state index contributed by atoms with van der Waals surface area (Å²) in [5, 5.41) is 14.7. The molecule has 0 spiro atoms. The molecule has 3 rings (SSSR count). The Labute approximate surface area is 149 Å². The molecule has 1 aromatic carbocycles. The van der Waals surface area contributed by atoms with E-state index in [0.717, 1.165) is 0 Å². The molecule has 0 amide bonds. The predicted molar refractivity (Wildman–Crippen MR) is 93.6 cm³/mol. The molecule has 0 saturated heterocycles. The van der Waals surface area contributed by atoms with Crippen LogP contribution in [0.15, 0.2) is 23.4 Å². The van der Waals surface area contributed by atoms with Crippen LogP contribution in [0.3, 0.4) is 0 Å². The van der Waals surface area contributed by atoms with Crippen molar-refractivity contribution < 1.29 is 13.3 Å². The molecule has 0 saturated carbocycles. The average molecular weight is 376 g/mol. The lowest BCUT2D eigenvalue weighted by Gasteiger charge is -2.10. The van der Waals surface area contributed by atoms with E-state index in [9.17, 15) is 18.5 Å². The third-order valence-electron chi connectivity index (χ3n) is 3.99. The maximum absolute atomic E-state index is 12.7. The Kier molecular flexibility index (Phi) is 4.11. The van der Waals surface area contributed by atoms with Crippen LogP contribution in [0.25, 0.3) is 5.78 Å². The molecule has 11 heteroatoms. The Morgan fingerprint density at radius 3 is 2.50 bits per heavy atom. The van der Waals surface area contributed by atoms with Crippen molar-refractivity contribution in [3.8, 4) is 0 Å². The monoisotopic (exact) mass is 376 g/mol. The number of anilines is 1. The van der Waals surface area contributed by atoms with Crippen LogP contribution in [-0.4, -0.2) is 32.9 Å². The van der Waals surface area contributed by atoms with Crippen LogP contribution in [0.5, 0.6) is 0 Å². The third kappa shape index (κ3) is 2.96. The van der Waals surface area contributed by atoms with Crippen molar-refractivity contribution in [2.45, 2.75) is 32.9 Å². The summed E-state index contributed by atoms with van der Waals surface area (Å²) in [7, 11) is -4.24. The van der Waals surface area contributed by atoms with Gasteiger partial charge >= 0.3 is 0 Å². The first kappa shape index (κ1) is 17.7. The van der Waals surface area contributed by atoms with Crippen molar-refractivity contribution >= 4 is 27.2 Å². The Hall–Kier alpha value is -3.08. The molecule has 0 fully saturated rings. The molecule has 0 bridgehead atoms.